The van der Waals surface area contributed by atoms with E-state index in [-0.39, 0.29) is 41.2 Å². The van der Waals surface area contributed by atoms with Crippen molar-refractivity contribution in [2.75, 3.05) is 12.3 Å². The molecule has 0 spiro atoms. The molecule has 0 aromatic carbocycles. The smallest absolute Gasteiger partial charge is 0.862 e. The quantitative estimate of drug-likeness (QED) is 0.142. The summed E-state index contributed by atoms with van der Waals surface area (Å²) in [6.45, 7) is 2.58. The van der Waals surface area contributed by atoms with Crippen molar-refractivity contribution in [1.82, 2.24) is 0 Å². The van der Waals surface area contributed by atoms with Crippen LogP contribution >= 0.6 is 0 Å². The van der Waals surface area contributed by atoms with Crippen LogP contribution in [-0.2, 0) is 10.1 Å². The van der Waals surface area contributed by atoms with Crippen LogP contribution in [0, 0.1) is 0 Å². The van der Waals surface area contributed by atoms with Crippen LogP contribution in [0.25, 0.3) is 0 Å². The molecule has 5 nitrogen and oxygen atoms in total. The maximum Gasteiger partial charge on any atom is 1.00 e. The summed E-state index contributed by atoms with van der Waals surface area (Å²) in [6, 6.07) is 0. The molecule has 0 aliphatic carbocycles. The second-order valence-electron chi connectivity index (χ2n) is 6.20. The predicted molar refractivity (Wildman–Crippen MR) is 94.4 cm³/mol. The molecule has 0 saturated heterocycles. The molecule has 0 aromatic rings. The molecule has 7 heteroatoms. The van der Waals surface area contributed by atoms with E-state index < -0.39 is 10.1 Å². The van der Waals surface area contributed by atoms with Crippen molar-refractivity contribution in [1.29, 1.82) is 0 Å². The first-order valence-electron chi connectivity index (χ1n) is 9.11. The molecule has 0 aliphatic rings. The molecule has 0 saturated carbocycles. The summed E-state index contributed by atoms with van der Waals surface area (Å²) in [5, 5.41) is 11.5. The number of aliphatic imine (C=N–C) groups is 1. The summed E-state index contributed by atoms with van der Waals surface area (Å²) in [5.41, 5.74) is 0. The van der Waals surface area contributed by atoms with E-state index in [4.69, 9.17) is 4.55 Å². The van der Waals surface area contributed by atoms with Gasteiger partial charge in [0.25, 0.3) is 10.1 Å². The molecule has 0 radical (unpaired) electrons. The zero-order valence-corrected chi connectivity index (χ0v) is 18.5. The van der Waals surface area contributed by atoms with Gasteiger partial charge in [-0.15, -0.1) is 0 Å². The second-order valence-corrected chi connectivity index (χ2v) is 7.77. The fraction of sp³-hybridized carbons (Fsp3) is 0.941. The molecule has 0 unspecified atom stereocenters. The Balaban J connectivity index is 0. The van der Waals surface area contributed by atoms with E-state index in [1.165, 1.54) is 51.4 Å². The van der Waals surface area contributed by atoms with Crippen molar-refractivity contribution in [2.45, 2.75) is 90.4 Å². The zero-order chi connectivity index (χ0) is 17.4. The normalized spacial score (nSPS) is 12.2. The van der Waals surface area contributed by atoms with Crippen molar-refractivity contribution >= 4 is 16.0 Å². The van der Waals surface area contributed by atoms with Crippen molar-refractivity contribution in [3.05, 3.63) is 0 Å². The Morgan fingerprint density at radius 3 is 1.88 bits per heavy atom. The van der Waals surface area contributed by atoms with Crippen LogP contribution in [0.1, 0.15) is 90.4 Å². The summed E-state index contributed by atoms with van der Waals surface area (Å²) in [5.74, 6) is -0.341. The summed E-state index contributed by atoms with van der Waals surface area (Å²) in [6.07, 6.45) is 13.8. The minimum absolute atomic E-state index is 0. The third-order valence-electron chi connectivity index (χ3n) is 3.84. The molecule has 24 heavy (non-hydrogen) atoms. The van der Waals surface area contributed by atoms with Crippen LogP contribution < -0.4 is 34.7 Å². The molecule has 0 amide bonds. The van der Waals surface area contributed by atoms with Crippen molar-refractivity contribution < 1.29 is 47.6 Å². The Hall–Kier alpha value is 0.380. The SMILES string of the molecule is CCCCCCCCCCCCC([O-])=NCCCCS(=O)(=O)O.[Na+]. The molecular formula is C17H34NNaO4S. The summed E-state index contributed by atoms with van der Waals surface area (Å²) >= 11 is 0. The molecule has 0 aliphatic heterocycles. The van der Waals surface area contributed by atoms with E-state index in [0.717, 1.165) is 12.8 Å². The van der Waals surface area contributed by atoms with Crippen molar-refractivity contribution in [3.63, 3.8) is 0 Å². The number of unbranched alkanes of at least 4 members (excludes halogenated alkanes) is 10. The van der Waals surface area contributed by atoms with E-state index in [9.17, 15) is 13.5 Å². The molecule has 0 atom stereocenters. The molecule has 138 valence electrons. The third kappa shape index (κ3) is 22.4. The Kier molecular flexibility index (Phi) is 20.2. The van der Waals surface area contributed by atoms with Gasteiger partial charge in [0.15, 0.2) is 0 Å². The van der Waals surface area contributed by atoms with Crippen LogP contribution in [0.15, 0.2) is 4.99 Å². The van der Waals surface area contributed by atoms with Crippen LogP contribution in [0.4, 0.5) is 0 Å². The van der Waals surface area contributed by atoms with Crippen LogP contribution in [0.5, 0.6) is 0 Å². The predicted octanol–water partition coefficient (Wildman–Crippen LogP) is 0.728. The molecular weight excluding hydrogens is 337 g/mol. The van der Waals surface area contributed by atoms with Gasteiger partial charge in [0, 0.05) is 6.54 Å². The van der Waals surface area contributed by atoms with Gasteiger partial charge in [-0.1, -0.05) is 64.7 Å². The van der Waals surface area contributed by atoms with E-state index in [0.29, 0.717) is 25.8 Å². The topological polar surface area (TPSA) is 89.8 Å². The monoisotopic (exact) mass is 371 g/mol. The number of nitrogens with zero attached hydrogens (tertiary/aromatic N) is 1. The van der Waals surface area contributed by atoms with Gasteiger partial charge in [-0.25, -0.2) is 0 Å². The van der Waals surface area contributed by atoms with E-state index >= 15 is 0 Å². The standard InChI is InChI=1S/C17H35NO4S.Na/c1-2-3-4-5-6-7-8-9-10-11-14-17(19)18-15-12-13-16-23(20,21)22;/h2-16H2,1H3,(H,18,19)(H,20,21,22);/q;+1/p-1. The van der Waals surface area contributed by atoms with Gasteiger partial charge in [0.05, 0.1) is 5.75 Å². The Morgan fingerprint density at radius 2 is 1.38 bits per heavy atom. The van der Waals surface area contributed by atoms with Crippen molar-refractivity contribution in [3.8, 4) is 0 Å². The third-order valence-corrected chi connectivity index (χ3v) is 4.65. The molecule has 0 fully saturated rings. The van der Waals surface area contributed by atoms with E-state index in [1.54, 1.807) is 0 Å². The Morgan fingerprint density at radius 1 is 0.875 bits per heavy atom. The minimum Gasteiger partial charge on any atom is -0.862 e. The fourth-order valence-electron chi connectivity index (χ4n) is 2.44. The zero-order valence-electron chi connectivity index (χ0n) is 15.6. The Bertz CT molecular complexity index is 399. The maximum atomic E-state index is 11.5. The van der Waals surface area contributed by atoms with Crippen LogP contribution in [-0.4, -0.2) is 31.2 Å². The van der Waals surface area contributed by atoms with Gasteiger partial charge in [-0.2, -0.15) is 8.42 Å². The molecule has 0 aromatic heterocycles. The maximum absolute atomic E-state index is 11.5. The fourth-order valence-corrected chi connectivity index (χ4v) is 3.01. The van der Waals surface area contributed by atoms with Gasteiger partial charge < -0.3 is 10.1 Å². The van der Waals surface area contributed by atoms with Gasteiger partial charge in [-0.3, -0.25) is 4.55 Å². The van der Waals surface area contributed by atoms with Gasteiger partial charge in [0.1, 0.15) is 0 Å². The number of rotatable bonds is 16. The molecule has 0 heterocycles. The minimum atomic E-state index is -3.88. The molecule has 0 bridgehead atoms. The van der Waals surface area contributed by atoms with Crippen LogP contribution in [0.3, 0.4) is 0 Å². The number of hydrogen-bond acceptors (Lipinski definition) is 4. The van der Waals surface area contributed by atoms with E-state index in [2.05, 4.69) is 11.9 Å². The average Bonchev–Trinajstić information content (AvgIpc) is 2.47. The van der Waals surface area contributed by atoms with Gasteiger partial charge in [-0.05, 0) is 31.6 Å². The first kappa shape index (κ1) is 26.6. The first-order valence-corrected chi connectivity index (χ1v) is 10.7. The van der Waals surface area contributed by atoms with Gasteiger partial charge in [0.2, 0.25) is 0 Å². The summed E-state index contributed by atoms with van der Waals surface area (Å²) < 4.78 is 29.6. The second kappa shape index (κ2) is 18.2. The van der Waals surface area contributed by atoms with Crippen molar-refractivity contribution in [2.24, 2.45) is 4.99 Å². The van der Waals surface area contributed by atoms with E-state index in [1.807, 2.05) is 0 Å². The summed E-state index contributed by atoms with van der Waals surface area (Å²) in [4.78, 5) is 3.90. The summed E-state index contributed by atoms with van der Waals surface area (Å²) in [7, 11) is -3.88. The molecule has 1 N–H and O–H groups in total. The average molecular weight is 372 g/mol. The van der Waals surface area contributed by atoms with Gasteiger partial charge >= 0.3 is 29.6 Å². The Labute approximate surface area is 170 Å². The van der Waals surface area contributed by atoms with Crippen LogP contribution in [0.2, 0.25) is 0 Å². The first-order chi connectivity index (χ1) is 11.0. The largest absolute Gasteiger partial charge is 1.00 e. The number of hydrogen-bond donors (Lipinski definition) is 1. The molecule has 0 rings (SSSR count).